The smallest absolute Gasteiger partial charge is 0.176 e. The molecular formula is C6H6N4. The van der Waals surface area contributed by atoms with Crippen LogP contribution in [0.2, 0.25) is 0 Å². The summed E-state index contributed by atoms with van der Waals surface area (Å²) in [4.78, 5) is 4.04. The van der Waals surface area contributed by atoms with E-state index in [2.05, 4.69) is 15.2 Å². The van der Waals surface area contributed by atoms with Gasteiger partial charge in [0.1, 0.15) is 0 Å². The fourth-order valence-electron chi connectivity index (χ4n) is 0.851. The maximum atomic E-state index is 4.06. The van der Waals surface area contributed by atoms with Crippen molar-refractivity contribution < 1.29 is 0 Å². The molecular weight excluding hydrogens is 128 g/mol. The lowest BCUT2D eigenvalue weighted by Gasteiger charge is -1.84. The second-order valence-corrected chi connectivity index (χ2v) is 2.08. The van der Waals surface area contributed by atoms with Crippen molar-refractivity contribution in [2.24, 2.45) is 0 Å². The first-order valence-corrected chi connectivity index (χ1v) is 3.00. The Morgan fingerprint density at radius 1 is 1.40 bits per heavy atom. The van der Waals surface area contributed by atoms with Crippen molar-refractivity contribution in [3.63, 3.8) is 0 Å². The summed E-state index contributed by atoms with van der Waals surface area (Å²) in [6.07, 6.45) is 3.26. The van der Waals surface area contributed by atoms with Crippen LogP contribution in [0.1, 0.15) is 5.69 Å². The summed E-state index contributed by atoms with van der Waals surface area (Å²) >= 11 is 0. The third-order valence-corrected chi connectivity index (χ3v) is 1.24. The Kier molecular flexibility index (Phi) is 0.943. The van der Waals surface area contributed by atoms with Gasteiger partial charge >= 0.3 is 0 Å². The van der Waals surface area contributed by atoms with Gasteiger partial charge in [0.15, 0.2) is 5.65 Å². The summed E-state index contributed by atoms with van der Waals surface area (Å²) in [6.45, 7) is 1.91. The molecule has 0 N–H and O–H groups in total. The van der Waals surface area contributed by atoms with Crippen LogP contribution in [-0.4, -0.2) is 19.8 Å². The predicted octanol–water partition coefficient (Wildman–Crippen LogP) is 0.433. The average Bonchev–Trinajstić information content (AvgIpc) is 2.27. The number of rotatable bonds is 0. The molecule has 2 aromatic heterocycles. The Hall–Kier alpha value is -1.45. The van der Waals surface area contributed by atoms with Gasteiger partial charge in [-0.25, -0.2) is 4.98 Å². The number of fused-ring (bicyclic) bond motifs is 1. The molecule has 0 aliphatic carbocycles. The largest absolute Gasteiger partial charge is 0.234 e. The lowest BCUT2D eigenvalue weighted by Crippen LogP contribution is -1.93. The van der Waals surface area contributed by atoms with Gasteiger partial charge < -0.3 is 0 Å². The Morgan fingerprint density at radius 3 is 3.10 bits per heavy atom. The molecule has 2 heterocycles. The zero-order chi connectivity index (χ0) is 6.97. The van der Waals surface area contributed by atoms with Crippen molar-refractivity contribution >= 4 is 5.65 Å². The third kappa shape index (κ3) is 0.655. The van der Waals surface area contributed by atoms with Crippen LogP contribution >= 0.6 is 0 Å². The van der Waals surface area contributed by atoms with Crippen molar-refractivity contribution in [2.75, 3.05) is 0 Å². The molecule has 10 heavy (non-hydrogen) atoms. The summed E-state index contributed by atoms with van der Waals surface area (Å²) in [5.74, 6) is 0. The van der Waals surface area contributed by atoms with Gasteiger partial charge in [0, 0.05) is 12.3 Å². The highest BCUT2D eigenvalue weighted by molar-refractivity contribution is 5.35. The second-order valence-electron chi connectivity index (χ2n) is 2.08. The molecule has 0 unspecified atom stereocenters. The van der Waals surface area contributed by atoms with Crippen LogP contribution in [0.5, 0.6) is 0 Å². The summed E-state index contributed by atoms with van der Waals surface area (Å²) in [6, 6.07) is 1.88. The second kappa shape index (κ2) is 1.76. The highest BCUT2D eigenvalue weighted by Crippen LogP contribution is 1.97. The zero-order valence-electron chi connectivity index (χ0n) is 5.52. The Labute approximate surface area is 57.5 Å². The van der Waals surface area contributed by atoms with Crippen molar-refractivity contribution in [3.8, 4) is 0 Å². The minimum atomic E-state index is 0.792. The summed E-state index contributed by atoms with van der Waals surface area (Å²) in [7, 11) is 0. The van der Waals surface area contributed by atoms with E-state index in [0.717, 1.165) is 11.3 Å². The first-order chi connectivity index (χ1) is 4.86. The van der Waals surface area contributed by atoms with Crippen LogP contribution in [0.3, 0.4) is 0 Å². The molecule has 0 aliphatic heterocycles. The van der Waals surface area contributed by atoms with E-state index in [4.69, 9.17) is 0 Å². The van der Waals surface area contributed by atoms with E-state index in [9.17, 15) is 0 Å². The van der Waals surface area contributed by atoms with Crippen molar-refractivity contribution in [3.05, 3.63) is 24.2 Å². The summed E-state index contributed by atoms with van der Waals surface area (Å²) in [5, 5.41) is 8.00. The van der Waals surface area contributed by atoms with E-state index < -0.39 is 0 Å². The number of hydrogen-bond donors (Lipinski definition) is 0. The fraction of sp³-hybridized carbons (Fsp3) is 0.167. The van der Waals surface area contributed by atoms with Crippen LogP contribution < -0.4 is 0 Å². The maximum Gasteiger partial charge on any atom is 0.176 e. The molecule has 0 saturated heterocycles. The Bertz CT molecular complexity index is 318. The molecule has 2 rings (SSSR count). The first kappa shape index (κ1) is 5.34. The molecule has 0 amide bonds. The molecule has 0 atom stereocenters. The summed E-state index contributed by atoms with van der Waals surface area (Å²) < 4.78 is 1.51. The molecule has 4 heteroatoms. The highest BCUT2D eigenvalue weighted by Gasteiger charge is 1.95. The number of aryl methyl sites for hydroxylation is 1. The van der Waals surface area contributed by atoms with E-state index in [1.54, 1.807) is 12.4 Å². The molecule has 0 aromatic carbocycles. The quantitative estimate of drug-likeness (QED) is 0.524. The van der Waals surface area contributed by atoms with Gasteiger partial charge in [-0.05, 0) is 6.92 Å². The fourth-order valence-corrected chi connectivity index (χ4v) is 0.851. The number of nitrogens with zero attached hydrogens (tertiary/aromatic N) is 4. The molecule has 50 valence electrons. The minimum absolute atomic E-state index is 0.792. The molecule has 4 nitrogen and oxygen atoms in total. The van der Waals surface area contributed by atoms with E-state index in [1.165, 1.54) is 4.63 Å². The molecule has 0 saturated carbocycles. The standard InChI is InChI=1S/C6H6N4/c1-5-4-6-7-2-3-8-10(6)9-5/h2-4H,1H3. The van der Waals surface area contributed by atoms with Gasteiger partial charge in [-0.1, -0.05) is 0 Å². The maximum absolute atomic E-state index is 4.06. The minimum Gasteiger partial charge on any atom is -0.234 e. The van der Waals surface area contributed by atoms with Crippen molar-refractivity contribution in [2.45, 2.75) is 6.92 Å². The van der Waals surface area contributed by atoms with E-state index in [-0.39, 0.29) is 0 Å². The molecule has 2 aromatic rings. The van der Waals surface area contributed by atoms with Gasteiger partial charge in [0.2, 0.25) is 0 Å². The normalized spacial score (nSPS) is 10.5. The molecule has 0 radical (unpaired) electrons. The number of hydrogen-bond acceptors (Lipinski definition) is 3. The number of aromatic nitrogens is 4. The zero-order valence-corrected chi connectivity index (χ0v) is 5.52. The van der Waals surface area contributed by atoms with Crippen LogP contribution in [0.4, 0.5) is 0 Å². The molecule has 0 bridgehead atoms. The Balaban J connectivity index is 2.88. The topological polar surface area (TPSA) is 43.1 Å². The third-order valence-electron chi connectivity index (χ3n) is 1.24. The van der Waals surface area contributed by atoms with Gasteiger partial charge in [0.25, 0.3) is 0 Å². The van der Waals surface area contributed by atoms with Gasteiger partial charge in [0.05, 0.1) is 11.9 Å². The highest BCUT2D eigenvalue weighted by atomic mass is 15.4. The van der Waals surface area contributed by atoms with E-state index >= 15 is 0 Å². The first-order valence-electron chi connectivity index (χ1n) is 3.00. The lowest BCUT2D eigenvalue weighted by molar-refractivity contribution is 0.772. The van der Waals surface area contributed by atoms with E-state index in [0.29, 0.717) is 0 Å². The average molecular weight is 134 g/mol. The van der Waals surface area contributed by atoms with Crippen LogP contribution in [0.25, 0.3) is 5.65 Å². The van der Waals surface area contributed by atoms with Gasteiger partial charge in [-0.2, -0.15) is 10.2 Å². The van der Waals surface area contributed by atoms with Gasteiger partial charge in [-0.15, -0.1) is 4.63 Å². The SMILES string of the molecule is Cc1cc2nccnn2n1. The molecule has 0 fully saturated rings. The van der Waals surface area contributed by atoms with Crippen LogP contribution in [-0.2, 0) is 0 Å². The molecule has 0 spiro atoms. The summed E-state index contributed by atoms with van der Waals surface area (Å²) in [5.41, 5.74) is 1.73. The Morgan fingerprint density at radius 2 is 2.30 bits per heavy atom. The molecule has 0 aliphatic rings. The van der Waals surface area contributed by atoms with Crippen molar-refractivity contribution in [1.29, 1.82) is 0 Å². The monoisotopic (exact) mass is 134 g/mol. The lowest BCUT2D eigenvalue weighted by atomic mass is 10.5. The van der Waals surface area contributed by atoms with Crippen LogP contribution in [0, 0.1) is 6.92 Å². The van der Waals surface area contributed by atoms with Crippen LogP contribution in [0.15, 0.2) is 18.5 Å². The van der Waals surface area contributed by atoms with Gasteiger partial charge in [-0.3, -0.25) is 0 Å². The predicted molar refractivity (Wildman–Crippen MR) is 35.5 cm³/mol. The van der Waals surface area contributed by atoms with Crippen molar-refractivity contribution in [1.82, 2.24) is 19.8 Å². The van der Waals surface area contributed by atoms with E-state index in [1.807, 2.05) is 13.0 Å².